The SMILES string of the molecule is CC[C@H](NC(=O)[C@H](CCS(C)(=O)=O)N[C@@H](c1ccc(F)cc1)C(F)(F)F)C(=O)C(=O)CC1CC1. The van der Waals surface area contributed by atoms with E-state index in [1.54, 1.807) is 0 Å². The molecule has 1 saturated carbocycles. The van der Waals surface area contributed by atoms with Crippen LogP contribution in [-0.4, -0.2) is 56.2 Å². The second-order valence-electron chi connectivity index (χ2n) is 8.57. The summed E-state index contributed by atoms with van der Waals surface area (Å²) in [5.41, 5.74) is -0.381. The maximum absolute atomic E-state index is 13.8. The van der Waals surface area contributed by atoms with Crippen molar-refractivity contribution < 1.29 is 40.4 Å². The molecule has 1 aliphatic carbocycles. The summed E-state index contributed by atoms with van der Waals surface area (Å²) in [5, 5.41) is 4.42. The van der Waals surface area contributed by atoms with Crippen LogP contribution in [0.5, 0.6) is 0 Å². The van der Waals surface area contributed by atoms with Gasteiger partial charge in [-0.05, 0) is 49.3 Å². The Morgan fingerprint density at radius 3 is 2.15 bits per heavy atom. The summed E-state index contributed by atoms with van der Waals surface area (Å²) < 4.78 is 77.8. The molecule has 1 fully saturated rings. The third-order valence-corrected chi connectivity index (χ3v) is 6.46. The molecule has 12 heteroatoms. The fraction of sp³-hybridized carbons (Fsp3) is 0.591. The zero-order chi connectivity index (χ0) is 25.7. The average Bonchev–Trinajstić information content (AvgIpc) is 3.54. The molecule has 1 aromatic rings. The summed E-state index contributed by atoms with van der Waals surface area (Å²) in [4.78, 5) is 37.5. The predicted molar refractivity (Wildman–Crippen MR) is 116 cm³/mol. The Morgan fingerprint density at radius 1 is 1.09 bits per heavy atom. The van der Waals surface area contributed by atoms with Crippen molar-refractivity contribution in [2.45, 2.75) is 63.3 Å². The number of benzene rings is 1. The van der Waals surface area contributed by atoms with Gasteiger partial charge in [0.1, 0.15) is 21.7 Å². The number of ketones is 2. The van der Waals surface area contributed by atoms with E-state index in [4.69, 9.17) is 0 Å². The number of halogens is 4. The van der Waals surface area contributed by atoms with E-state index >= 15 is 0 Å². The normalized spacial score (nSPS) is 17.0. The maximum Gasteiger partial charge on any atom is 0.407 e. The van der Waals surface area contributed by atoms with Crippen molar-refractivity contribution in [1.29, 1.82) is 0 Å². The van der Waals surface area contributed by atoms with Gasteiger partial charge in [0.2, 0.25) is 17.5 Å². The molecule has 190 valence electrons. The minimum absolute atomic E-state index is 0.0282. The number of carbonyl (C=O) groups is 3. The molecule has 0 unspecified atom stereocenters. The van der Waals surface area contributed by atoms with E-state index in [2.05, 4.69) is 10.6 Å². The molecule has 0 aromatic heterocycles. The van der Waals surface area contributed by atoms with E-state index in [1.807, 2.05) is 0 Å². The molecule has 0 saturated heterocycles. The van der Waals surface area contributed by atoms with Gasteiger partial charge in [-0.1, -0.05) is 19.1 Å². The number of amides is 1. The van der Waals surface area contributed by atoms with Gasteiger partial charge in [0.05, 0.1) is 17.8 Å². The van der Waals surface area contributed by atoms with Gasteiger partial charge in [0, 0.05) is 12.7 Å². The Labute approximate surface area is 195 Å². The summed E-state index contributed by atoms with van der Waals surface area (Å²) in [7, 11) is -3.64. The largest absolute Gasteiger partial charge is 0.407 e. The molecule has 34 heavy (non-hydrogen) atoms. The number of carbonyl (C=O) groups excluding carboxylic acids is 3. The maximum atomic E-state index is 13.8. The van der Waals surface area contributed by atoms with Crippen molar-refractivity contribution in [1.82, 2.24) is 10.6 Å². The quantitative estimate of drug-likeness (QED) is 0.313. The summed E-state index contributed by atoms with van der Waals surface area (Å²) >= 11 is 0. The molecule has 1 aliphatic rings. The number of hydrogen-bond donors (Lipinski definition) is 2. The summed E-state index contributed by atoms with van der Waals surface area (Å²) in [6, 6.07) is -1.84. The van der Waals surface area contributed by atoms with E-state index in [0.717, 1.165) is 43.4 Å². The van der Waals surface area contributed by atoms with Gasteiger partial charge in [0.25, 0.3) is 0 Å². The molecule has 0 radical (unpaired) electrons. The van der Waals surface area contributed by atoms with Crippen LogP contribution < -0.4 is 10.6 Å². The average molecular weight is 509 g/mol. The monoisotopic (exact) mass is 508 g/mol. The lowest BCUT2D eigenvalue weighted by atomic mass is 10.0. The Bertz CT molecular complexity index is 992. The molecule has 2 N–H and O–H groups in total. The van der Waals surface area contributed by atoms with Crippen LogP contribution in [0.4, 0.5) is 17.6 Å². The topological polar surface area (TPSA) is 109 Å². The molecule has 0 heterocycles. The zero-order valence-electron chi connectivity index (χ0n) is 18.8. The van der Waals surface area contributed by atoms with Gasteiger partial charge in [-0.3, -0.25) is 19.7 Å². The van der Waals surface area contributed by atoms with E-state index in [9.17, 15) is 40.4 Å². The number of rotatable bonds is 13. The molecule has 7 nitrogen and oxygen atoms in total. The van der Waals surface area contributed by atoms with Crippen molar-refractivity contribution in [2.24, 2.45) is 5.92 Å². The molecule has 0 spiro atoms. The fourth-order valence-electron chi connectivity index (χ4n) is 3.36. The van der Waals surface area contributed by atoms with Crippen LogP contribution in [0.2, 0.25) is 0 Å². The minimum Gasteiger partial charge on any atom is -0.344 e. The van der Waals surface area contributed by atoms with Crippen molar-refractivity contribution in [3.63, 3.8) is 0 Å². The number of nitrogens with one attached hydrogen (secondary N) is 2. The molecule has 2 rings (SSSR count). The van der Waals surface area contributed by atoms with Gasteiger partial charge in [-0.25, -0.2) is 12.8 Å². The van der Waals surface area contributed by atoms with Crippen molar-refractivity contribution in [3.05, 3.63) is 35.6 Å². The van der Waals surface area contributed by atoms with Gasteiger partial charge < -0.3 is 5.32 Å². The van der Waals surface area contributed by atoms with Crippen LogP contribution in [0, 0.1) is 11.7 Å². The van der Waals surface area contributed by atoms with Gasteiger partial charge in [-0.2, -0.15) is 13.2 Å². The lowest BCUT2D eigenvalue weighted by Gasteiger charge is -2.28. The number of alkyl halides is 3. The molecule has 0 aliphatic heterocycles. The van der Waals surface area contributed by atoms with E-state index in [1.165, 1.54) is 6.92 Å². The van der Waals surface area contributed by atoms with Crippen molar-refractivity contribution in [2.75, 3.05) is 12.0 Å². The summed E-state index contributed by atoms with van der Waals surface area (Å²) in [5.74, 6) is -3.75. The highest BCUT2D eigenvalue weighted by atomic mass is 32.2. The smallest absolute Gasteiger partial charge is 0.344 e. The zero-order valence-corrected chi connectivity index (χ0v) is 19.6. The Balaban J connectivity index is 2.24. The first-order chi connectivity index (χ1) is 15.7. The van der Waals surface area contributed by atoms with E-state index < -0.39 is 69.6 Å². The number of sulfone groups is 1. The number of hydrogen-bond acceptors (Lipinski definition) is 6. The molecule has 1 aromatic carbocycles. The second kappa shape index (κ2) is 11.4. The molecule has 1 amide bonds. The first-order valence-corrected chi connectivity index (χ1v) is 12.9. The van der Waals surface area contributed by atoms with Crippen LogP contribution in [0.25, 0.3) is 0 Å². The van der Waals surface area contributed by atoms with Crippen LogP contribution in [0.3, 0.4) is 0 Å². The Hall–Kier alpha value is -2.34. The number of Topliss-reactive ketones (excluding diaryl/α,β-unsaturated/α-hetero) is 2. The summed E-state index contributed by atoms with van der Waals surface area (Å²) in [6.07, 6.45) is -2.79. The molecular formula is C22H28F4N2O5S. The molecule has 3 atom stereocenters. The van der Waals surface area contributed by atoms with Gasteiger partial charge in [-0.15, -0.1) is 0 Å². The lowest BCUT2D eigenvalue weighted by molar-refractivity contribution is -0.161. The van der Waals surface area contributed by atoms with Crippen molar-refractivity contribution >= 4 is 27.3 Å². The lowest BCUT2D eigenvalue weighted by Crippen LogP contribution is -2.53. The third kappa shape index (κ3) is 8.79. The first-order valence-electron chi connectivity index (χ1n) is 10.8. The van der Waals surface area contributed by atoms with Crippen LogP contribution in [0.1, 0.15) is 50.6 Å². The molecular weight excluding hydrogens is 480 g/mol. The highest BCUT2D eigenvalue weighted by Crippen LogP contribution is 2.34. The molecule has 0 bridgehead atoms. The van der Waals surface area contributed by atoms with E-state index in [0.29, 0.717) is 0 Å². The third-order valence-electron chi connectivity index (χ3n) is 5.48. The van der Waals surface area contributed by atoms with Crippen molar-refractivity contribution in [3.8, 4) is 0 Å². The first kappa shape index (κ1) is 27.9. The Kier molecular flexibility index (Phi) is 9.35. The highest BCUT2D eigenvalue weighted by molar-refractivity contribution is 7.90. The Morgan fingerprint density at radius 2 is 1.68 bits per heavy atom. The fourth-order valence-corrected chi connectivity index (χ4v) is 4.03. The van der Waals surface area contributed by atoms with Crippen LogP contribution in [0.15, 0.2) is 24.3 Å². The van der Waals surface area contributed by atoms with Gasteiger partial charge in [0.15, 0.2) is 0 Å². The summed E-state index contributed by atoms with van der Waals surface area (Å²) in [6.45, 7) is 1.53. The predicted octanol–water partition coefficient (Wildman–Crippen LogP) is 2.66. The second-order valence-corrected chi connectivity index (χ2v) is 10.8. The van der Waals surface area contributed by atoms with E-state index in [-0.39, 0.29) is 24.3 Å². The standard InChI is InChI=1S/C22H28F4N2O5S/c1-3-16(19(30)18(29)12-13-4-5-13)28-21(31)17(10-11-34(2,32)33)27-20(22(24,25)26)14-6-8-15(23)9-7-14/h6-9,13,16-17,20,27H,3-5,10-12H2,1-2H3,(H,28,31)/t16-,17-,20-/m0/s1. The highest BCUT2D eigenvalue weighted by Gasteiger charge is 2.43. The minimum atomic E-state index is -4.90. The van der Waals surface area contributed by atoms with Crippen LogP contribution in [-0.2, 0) is 24.2 Å². The van der Waals surface area contributed by atoms with Crippen LogP contribution >= 0.6 is 0 Å². The van der Waals surface area contributed by atoms with Gasteiger partial charge >= 0.3 is 6.18 Å².